The van der Waals surface area contributed by atoms with E-state index in [4.69, 9.17) is 14.2 Å². The van der Waals surface area contributed by atoms with Crippen molar-refractivity contribution in [2.75, 3.05) is 18.9 Å². The van der Waals surface area contributed by atoms with E-state index in [1.165, 1.54) is 0 Å². The number of benzene rings is 3. The number of nitrogens with zero attached hydrogens (tertiary/aromatic N) is 2. The van der Waals surface area contributed by atoms with E-state index >= 15 is 0 Å². The number of rotatable bonds is 12. The maximum Gasteiger partial charge on any atom is 0.325 e. The minimum atomic E-state index is -0.585. The van der Waals surface area contributed by atoms with Crippen LogP contribution in [0, 0.1) is 5.92 Å². The highest BCUT2D eigenvalue weighted by Gasteiger charge is 2.38. The number of aliphatic hydroxyl groups excluding tert-OH is 1. The molecule has 3 aromatic carbocycles. The normalized spacial score (nSPS) is 19.3. The summed E-state index contributed by atoms with van der Waals surface area (Å²) >= 11 is 1.56. The van der Waals surface area contributed by atoms with Gasteiger partial charge in [0.05, 0.1) is 25.4 Å². The minimum Gasteiger partial charge on any atom is -0.465 e. The molecule has 1 saturated heterocycles. The highest BCUT2D eigenvalue weighted by atomic mass is 32.2. The van der Waals surface area contributed by atoms with E-state index in [1.54, 1.807) is 37.1 Å². The molecule has 10 nitrogen and oxygen atoms in total. The first-order chi connectivity index (χ1) is 22.4. The zero-order valence-corrected chi connectivity index (χ0v) is 26.6. The van der Waals surface area contributed by atoms with Crippen LogP contribution >= 0.6 is 11.8 Å². The Balaban J connectivity index is 1.27. The van der Waals surface area contributed by atoms with Gasteiger partial charge in [-0.05, 0) is 46.9 Å². The summed E-state index contributed by atoms with van der Waals surface area (Å²) in [4.78, 5) is 32.3. The number of amides is 2. The third-order valence-electron chi connectivity index (χ3n) is 7.64. The molecular formula is C35H38N4O6S. The van der Waals surface area contributed by atoms with Gasteiger partial charge in [-0.15, -0.1) is 0 Å². The largest absolute Gasteiger partial charge is 0.465 e. The van der Waals surface area contributed by atoms with Crippen LogP contribution in [-0.4, -0.2) is 52.1 Å². The number of ether oxygens (including phenoxy) is 3. The van der Waals surface area contributed by atoms with E-state index in [-0.39, 0.29) is 37.9 Å². The molecule has 0 aliphatic carbocycles. The van der Waals surface area contributed by atoms with Gasteiger partial charge in [-0.25, -0.2) is 14.8 Å². The number of carbonyl (C=O) groups excluding carboxylic acids is 2. The summed E-state index contributed by atoms with van der Waals surface area (Å²) in [6.07, 6.45) is 2.54. The number of urea groups is 1. The Bertz CT molecular complexity index is 1570. The Morgan fingerprint density at radius 3 is 2.35 bits per heavy atom. The van der Waals surface area contributed by atoms with Crippen LogP contribution in [0.5, 0.6) is 0 Å². The topological polar surface area (TPSA) is 132 Å². The predicted octanol–water partition coefficient (Wildman–Crippen LogP) is 5.58. The van der Waals surface area contributed by atoms with Gasteiger partial charge in [0.25, 0.3) is 0 Å². The van der Waals surface area contributed by atoms with Gasteiger partial charge in [0.15, 0.2) is 11.4 Å². The van der Waals surface area contributed by atoms with Crippen molar-refractivity contribution in [3.05, 3.63) is 114 Å². The lowest BCUT2D eigenvalue weighted by Crippen LogP contribution is -2.38. The van der Waals surface area contributed by atoms with E-state index in [1.807, 2.05) is 72.8 Å². The molecule has 240 valence electrons. The molecule has 1 aliphatic rings. The summed E-state index contributed by atoms with van der Waals surface area (Å²) in [6.45, 7) is 4.22. The fourth-order valence-electron chi connectivity index (χ4n) is 5.13. The monoisotopic (exact) mass is 642 g/mol. The highest BCUT2D eigenvalue weighted by Crippen LogP contribution is 2.43. The molecule has 46 heavy (non-hydrogen) atoms. The molecule has 0 unspecified atom stereocenters. The molecule has 4 atom stereocenters. The van der Waals surface area contributed by atoms with Gasteiger partial charge in [0.1, 0.15) is 6.54 Å². The molecule has 2 amide bonds. The molecule has 1 fully saturated rings. The average molecular weight is 643 g/mol. The lowest BCUT2D eigenvalue weighted by atomic mass is 9.91. The lowest BCUT2D eigenvalue weighted by Gasteiger charge is -2.41. The Labute approximate surface area is 272 Å². The number of carbonyl (C=O) groups is 2. The third-order valence-corrected chi connectivity index (χ3v) is 8.60. The molecule has 3 N–H and O–H groups in total. The summed E-state index contributed by atoms with van der Waals surface area (Å²) in [5, 5.41) is 15.5. The van der Waals surface area contributed by atoms with Crippen molar-refractivity contribution in [3.63, 3.8) is 0 Å². The van der Waals surface area contributed by atoms with Crippen molar-refractivity contribution in [2.45, 2.75) is 50.7 Å². The zero-order valence-electron chi connectivity index (χ0n) is 25.8. The number of nitrogens with one attached hydrogen (secondary N) is 2. The van der Waals surface area contributed by atoms with Gasteiger partial charge >= 0.3 is 12.0 Å². The van der Waals surface area contributed by atoms with Gasteiger partial charge in [-0.2, -0.15) is 0 Å². The molecule has 0 radical (unpaired) electrons. The van der Waals surface area contributed by atoms with E-state index in [9.17, 15) is 14.7 Å². The molecule has 11 heteroatoms. The number of hydrogen-bond acceptors (Lipinski definition) is 9. The smallest absolute Gasteiger partial charge is 0.325 e. The van der Waals surface area contributed by atoms with E-state index in [0.29, 0.717) is 17.5 Å². The predicted molar refractivity (Wildman–Crippen MR) is 174 cm³/mol. The molecule has 0 bridgehead atoms. The van der Waals surface area contributed by atoms with Crippen LogP contribution in [0.2, 0.25) is 0 Å². The Kier molecular flexibility index (Phi) is 11.7. The highest BCUT2D eigenvalue weighted by molar-refractivity contribution is 7.99. The van der Waals surface area contributed by atoms with Gasteiger partial charge in [-0.1, -0.05) is 85.4 Å². The van der Waals surface area contributed by atoms with Crippen molar-refractivity contribution >= 4 is 23.8 Å². The van der Waals surface area contributed by atoms with E-state index < -0.39 is 18.3 Å². The standard InChI is InChI=1S/C35H38N4O6S/c1-3-43-31(41)20-39-34(42)38-19-25-6-4-7-29(18-25)26-12-14-28(15-13-26)33-44-30(22-46-35-36-16-5-17-37-35)23(2)32(45-33)27-10-8-24(21-40)9-11-27/h4-18,23,30,32-33,40H,3,19-22H2,1-2H3,(H2,38,39,42)/t23-,30+,32+,33+/m1/s1. The summed E-state index contributed by atoms with van der Waals surface area (Å²) in [6, 6.07) is 25.2. The quantitative estimate of drug-likeness (QED) is 0.103. The van der Waals surface area contributed by atoms with E-state index in [0.717, 1.165) is 33.4 Å². The molecule has 5 rings (SSSR count). The second-order valence-electron chi connectivity index (χ2n) is 10.8. The van der Waals surface area contributed by atoms with Crippen molar-refractivity contribution in [1.82, 2.24) is 20.6 Å². The Morgan fingerprint density at radius 1 is 0.891 bits per heavy atom. The SMILES string of the molecule is CCOC(=O)CNC(=O)NCc1cccc(-c2ccc([C@H]3O[C@@H](CSc4ncccn4)[C@@H](C)[C@@H](c4ccc(CO)cc4)O3)cc2)c1. The Hall–Kier alpha value is -4.29. The van der Waals surface area contributed by atoms with Crippen LogP contribution in [-0.2, 0) is 32.2 Å². The molecular weight excluding hydrogens is 604 g/mol. The van der Waals surface area contributed by atoms with Gasteiger partial charge < -0.3 is 30.0 Å². The Morgan fingerprint density at radius 2 is 1.63 bits per heavy atom. The number of hydrogen-bond donors (Lipinski definition) is 3. The van der Waals surface area contributed by atoms with Crippen LogP contribution in [0.3, 0.4) is 0 Å². The summed E-state index contributed by atoms with van der Waals surface area (Å²) in [5.41, 5.74) is 5.69. The number of thioether (sulfide) groups is 1. The maximum absolute atomic E-state index is 12.1. The van der Waals surface area contributed by atoms with E-state index in [2.05, 4.69) is 27.5 Å². The number of esters is 1. The van der Waals surface area contributed by atoms with Gasteiger partial charge in [0, 0.05) is 36.2 Å². The van der Waals surface area contributed by atoms with Crippen LogP contribution in [0.4, 0.5) is 4.79 Å². The average Bonchev–Trinajstić information content (AvgIpc) is 3.10. The van der Waals surface area contributed by atoms with Crippen LogP contribution in [0.25, 0.3) is 11.1 Å². The van der Waals surface area contributed by atoms with Gasteiger partial charge in [-0.3, -0.25) is 4.79 Å². The molecule has 0 spiro atoms. The summed E-state index contributed by atoms with van der Waals surface area (Å²) < 4.78 is 18.0. The number of aliphatic hydroxyl groups is 1. The third kappa shape index (κ3) is 8.91. The first-order valence-corrected chi connectivity index (χ1v) is 16.2. The second kappa shape index (κ2) is 16.3. The molecule has 2 heterocycles. The second-order valence-corrected chi connectivity index (χ2v) is 11.8. The van der Waals surface area contributed by atoms with Crippen molar-refractivity contribution in [1.29, 1.82) is 0 Å². The summed E-state index contributed by atoms with van der Waals surface area (Å²) in [7, 11) is 0. The maximum atomic E-state index is 12.1. The molecule has 0 saturated carbocycles. The first kappa shape index (κ1) is 33.1. The number of aromatic nitrogens is 2. The van der Waals surface area contributed by atoms with Crippen LogP contribution in [0.15, 0.2) is 96.4 Å². The lowest BCUT2D eigenvalue weighted by molar-refractivity contribution is -0.268. The van der Waals surface area contributed by atoms with Gasteiger partial charge in [0.2, 0.25) is 0 Å². The summed E-state index contributed by atoms with van der Waals surface area (Å²) in [5.74, 6) is 0.232. The fraction of sp³-hybridized carbons (Fsp3) is 0.314. The van der Waals surface area contributed by atoms with Crippen molar-refractivity contribution in [2.24, 2.45) is 5.92 Å². The first-order valence-electron chi connectivity index (χ1n) is 15.2. The van der Waals surface area contributed by atoms with Crippen LogP contribution < -0.4 is 10.6 Å². The zero-order chi connectivity index (χ0) is 32.3. The molecule has 4 aromatic rings. The molecule has 1 aromatic heterocycles. The van der Waals surface area contributed by atoms with Crippen molar-refractivity contribution < 1.29 is 28.9 Å². The minimum absolute atomic E-state index is 0.0122. The molecule has 1 aliphatic heterocycles. The fourth-order valence-corrected chi connectivity index (χ4v) is 6.10. The van der Waals surface area contributed by atoms with Crippen LogP contribution in [0.1, 0.15) is 48.5 Å². The van der Waals surface area contributed by atoms with Crippen molar-refractivity contribution in [3.8, 4) is 11.1 Å².